The highest BCUT2D eigenvalue weighted by molar-refractivity contribution is 6.09. The van der Waals surface area contributed by atoms with Gasteiger partial charge in [0.2, 0.25) is 0 Å². The summed E-state index contributed by atoms with van der Waals surface area (Å²) in [6.07, 6.45) is 5.77. The van der Waals surface area contributed by atoms with Gasteiger partial charge < -0.3 is 9.32 Å². The molecule has 1 heterocycles. The first kappa shape index (κ1) is 34.9. The molecule has 0 saturated heterocycles. The summed E-state index contributed by atoms with van der Waals surface area (Å²) in [5.41, 5.74) is 23.8. The fourth-order valence-corrected chi connectivity index (χ4v) is 15.1. The van der Waals surface area contributed by atoms with E-state index in [1.54, 1.807) is 16.7 Å². The number of furan rings is 1. The van der Waals surface area contributed by atoms with E-state index in [1.807, 2.05) is 6.07 Å². The Kier molecular flexibility index (Phi) is 6.69. The van der Waals surface area contributed by atoms with Crippen molar-refractivity contribution in [2.24, 2.45) is 23.7 Å². The second-order valence-corrected chi connectivity index (χ2v) is 20.4. The van der Waals surface area contributed by atoms with Crippen molar-refractivity contribution in [2.75, 3.05) is 4.90 Å². The Labute approximate surface area is 368 Å². The van der Waals surface area contributed by atoms with Crippen LogP contribution in [0.25, 0.3) is 66.4 Å². The van der Waals surface area contributed by atoms with Gasteiger partial charge in [-0.25, -0.2) is 0 Å². The quantitative estimate of drug-likeness (QED) is 0.172. The molecule has 4 fully saturated rings. The molecule has 63 heavy (non-hydrogen) atoms. The first-order valence-corrected chi connectivity index (χ1v) is 23.4. The second kappa shape index (κ2) is 12.1. The van der Waals surface area contributed by atoms with Crippen molar-refractivity contribution in [2.45, 2.75) is 56.3 Å². The number of nitrogens with zero attached hydrogens (tertiary/aromatic N) is 1. The van der Waals surface area contributed by atoms with E-state index in [9.17, 15) is 0 Å². The largest absolute Gasteiger partial charge is 0.455 e. The van der Waals surface area contributed by atoms with Crippen LogP contribution in [0.1, 0.15) is 73.3 Å². The third kappa shape index (κ3) is 4.40. The van der Waals surface area contributed by atoms with Crippen LogP contribution in [0.5, 0.6) is 0 Å². The number of fused-ring (bicyclic) bond motifs is 8. The van der Waals surface area contributed by atoms with Crippen LogP contribution in [0.4, 0.5) is 17.1 Å². The van der Waals surface area contributed by atoms with Gasteiger partial charge in [0, 0.05) is 44.2 Å². The molecule has 2 heteroatoms. The average Bonchev–Trinajstić information content (AvgIpc) is 4.00. The SMILES string of the molecule is CC1(C)c2ccccc2-c2ccc(N(c3ccc(-c4ccc5c(c4)-c4cccc6c4C54C5CC7CC(C5)C6C4C7)cc3)c3ccc(-c4cccc5c4oc4ccccc45)cc3)cc21. The fourth-order valence-electron chi connectivity index (χ4n) is 15.1. The lowest BCUT2D eigenvalue weighted by Crippen LogP contribution is -2.54. The molecule has 16 rings (SSSR count). The summed E-state index contributed by atoms with van der Waals surface area (Å²) in [6.45, 7) is 4.74. The molecule has 6 bridgehead atoms. The lowest BCUT2D eigenvalue weighted by Gasteiger charge is -2.60. The summed E-state index contributed by atoms with van der Waals surface area (Å²) in [4.78, 5) is 2.44. The van der Waals surface area contributed by atoms with Gasteiger partial charge in [-0.1, -0.05) is 135 Å². The van der Waals surface area contributed by atoms with Crippen LogP contribution in [0.3, 0.4) is 0 Å². The highest BCUT2D eigenvalue weighted by atomic mass is 16.3. The Hall–Kier alpha value is -6.64. The molecule has 9 aromatic rings. The lowest BCUT2D eigenvalue weighted by molar-refractivity contribution is -0.0431. The normalized spacial score (nSPS) is 24.4. The van der Waals surface area contributed by atoms with Crippen molar-refractivity contribution in [1.29, 1.82) is 0 Å². The Morgan fingerprint density at radius 3 is 2.06 bits per heavy atom. The van der Waals surface area contributed by atoms with Crippen molar-refractivity contribution in [3.63, 3.8) is 0 Å². The number of benzene rings is 8. The van der Waals surface area contributed by atoms with Gasteiger partial charge in [0.1, 0.15) is 11.2 Å². The van der Waals surface area contributed by atoms with E-state index in [-0.39, 0.29) is 10.8 Å². The zero-order chi connectivity index (χ0) is 41.3. The first-order valence-electron chi connectivity index (χ1n) is 23.4. The monoisotopic (exact) mass is 809 g/mol. The zero-order valence-electron chi connectivity index (χ0n) is 35.7. The van der Waals surface area contributed by atoms with Crippen LogP contribution in [0.15, 0.2) is 174 Å². The molecule has 6 unspecified atom stereocenters. The molecule has 0 amide bonds. The van der Waals surface area contributed by atoms with E-state index >= 15 is 0 Å². The van der Waals surface area contributed by atoms with E-state index in [2.05, 4.69) is 183 Å². The van der Waals surface area contributed by atoms with E-state index in [4.69, 9.17) is 4.42 Å². The molecular formula is C61H47NO. The van der Waals surface area contributed by atoms with E-state index < -0.39 is 0 Å². The Morgan fingerprint density at radius 2 is 1.19 bits per heavy atom. The Morgan fingerprint density at radius 1 is 0.492 bits per heavy atom. The maximum Gasteiger partial charge on any atom is 0.143 e. The molecule has 0 radical (unpaired) electrons. The summed E-state index contributed by atoms with van der Waals surface area (Å²) in [5, 5.41) is 2.30. The molecule has 8 aromatic carbocycles. The summed E-state index contributed by atoms with van der Waals surface area (Å²) in [5.74, 6) is 4.25. The first-order chi connectivity index (χ1) is 30.9. The summed E-state index contributed by atoms with van der Waals surface area (Å²) >= 11 is 0. The molecular weight excluding hydrogens is 763 g/mol. The van der Waals surface area contributed by atoms with Crippen molar-refractivity contribution in [1.82, 2.24) is 0 Å². The molecule has 6 atom stereocenters. The maximum atomic E-state index is 6.48. The molecule has 0 aliphatic heterocycles. The van der Waals surface area contributed by atoms with E-state index in [0.717, 1.165) is 79.7 Å². The summed E-state index contributed by atoms with van der Waals surface area (Å²) in [6, 6.07) is 64.2. The fraction of sp³-hybridized carbons (Fsp3) is 0.213. The molecule has 7 aliphatic rings. The smallest absolute Gasteiger partial charge is 0.143 e. The van der Waals surface area contributed by atoms with Crippen molar-refractivity contribution < 1.29 is 4.42 Å². The average molecular weight is 810 g/mol. The molecule has 2 nitrogen and oxygen atoms in total. The van der Waals surface area contributed by atoms with Crippen LogP contribution in [0, 0.1) is 23.7 Å². The van der Waals surface area contributed by atoms with Gasteiger partial charge in [-0.05, 0) is 171 Å². The van der Waals surface area contributed by atoms with Gasteiger partial charge in [0.25, 0.3) is 0 Å². The molecule has 7 aliphatic carbocycles. The van der Waals surface area contributed by atoms with Crippen LogP contribution in [-0.4, -0.2) is 0 Å². The molecule has 1 aromatic heterocycles. The zero-order valence-corrected chi connectivity index (χ0v) is 35.7. The van der Waals surface area contributed by atoms with Crippen LogP contribution < -0.4 is 4.90 Å². The van der Waals surface area contributed by atoms with Crippen LogP contribution in [-0.2, 0) is 10.8 Å². The van der Waals surface area contributed by atoms with Gasteiger partial charge in [-0.2, -0.15) is 0 Å². The molecule has 302 valence electrons. The summed E-state index contributed by atoms with van der Waals surface area (Å²) in [7, 11) is 0. The predicted molar refractivity (Wildman–Crippen MR) is 258 cm³/mol. The van der Waals surface area contributed by atoms with E-state index in [0.29, 0.717) is 0 Å². The third-order valence-corrected chi connectivity index (χ3v) is 17.3. The minimum atomic E-state index is -0.101. The topological polar surface area (TPSA) is 16.4 Å². The number of para-hydroxylation sites is 2. The summed E-state index contributed by atoms with van der Waals surface area (Å²) < 4.78 is 6.48. The van der Waals surface area contributed by atoms with Gasteiger partial charge in [0.05, 0.1) is 0 Å². The predicted octanol–water partition coefficient (Wildman–Crippen LogP) is 16.1. The van der Waals surface area contributed by atoms with Crippen molar-refractivity contribution in [3.05, 3.63) is 198 Å². The van der Waals surface area contributed by atoms with Gasteiger partial charge in [0.15, 0.2) is 0 Å². The highest BCUT2D eigenvalue weighted by Crippen LogP contribution is 2.77. The van der Waals surface area contributed by atoms with Gasteiger partial charge >= 0.3 is 0 Å². The Balaban J connectivity index is 0.833. The van der Waals surface area contributed by atoms with Crippen LogP contribution >= 0.6 is 0 Å². The number of hydrogen-bond acceptors (Lipinski definition) is 2. The lowest BCUT2D eigenvalue weighted by atomic mass is 9.43. The number of rotatable bonds is 5. The minimum absolute atomic E-state index is 0.101. The van der Waals surface area contributed by atoms with Crippen molar-refractivity contribution in [3.8, 4) is 44.5 Å². The van der Waals surface area contributed by atoms with Gasteiger partial charge in [-0.3, -0.25) is 0 Å². The minimum Gasteiger partial charge on any atom is -0.455 e. The number of hydrogen-bond donors (Lipinski definition) is 0. The number of anilines is 3. The standard InChI is InChI=1S/C61H47NO/c1-60(2)52-15-5-3-9-45(52)46-27-26-43(34-54(46)60)62(42-24-19-37(20-25-42)44-11-7-13-49-47-10-4-6-16-56(47)63-59(44)49)41-22-17-36(18-23-41)38-21-28-53-51(33-38)48-12-8-14-50-57-39-29-35-30-40(32-39)61(53,58(48)50)55(57)31-35/h3-28,33-35,39-40,55,57H,29-32H2,1-2H3. The third-order valence-electron chi connectivity index (χ3n) is 17.3. The highest BCUT2D eigenvalue weighted by Gasteiger charge is 2.69. The van der Waals surface area contributed by atoms with Crippen LogP contribution in [0.2, 0.25) is 0 Å². The van der Waals surface area contributed by atoms with Gasteiger partial charge in [-0.15, -0.1) is 0 Å². The Bertz CT molecular complexity index is 3420. The second-order valence-electron chi connectivity index (χ2n) is 20.4. The van der Waals surface area contributed by atoms with Crippen molar-refractivity contribution >= 4 is 39.0 Å². The van der Waals surface area contributed by atoms with E-state index in [1.165, 1.54) is 70.2 Å². The molecule has 1 spiro atoms. The molecule has 4 saturated carbocycles. The maximum absolute atomic E-state index is 6.48. The molecule has 0 N–H and O–H groups in total.